The van der Waals surface area contributed by atoms with E-state index in [1.165, 1.54) is 27.7 Å². The summed E-state index contributed by atoms with van der Waals surface area (Å²) in [4.78, 5) is 17.2. The molecule has 0 bridgehead atoms. The Hall–Kier alpha value is -2.31. The number of morpholine rings is 1. The Labute approximate surface area is 182 Å². The van der Waals surface area contributed by atoms with Crippen LogP contribution < -0.4 is 5.32 Å². The zero-order valence-electron chi connectivity index (χ0n) is 15.7. The van der Waals surface area contributed by atoms with Gasteiger partial charge in [-0.2, -0.15) is 9.40 Å². The van der Waals surface area contributed by atoms with Gasteiger partial charge in [-0.3, -0.25) is 4.79 Å². The number of hydrogen-bond donors (Lipinski definition) is 1. The number of carbonyl (C=O) groups is 1. The molecule has 12 heteroatoms. The van der Waals surface area contributed by atoms with Gasteiger partial charge in [-0.05, 0) is 30.3 Å². The van der Waals surface area contributed by atoms with E-state index >= 15 is 0 Å². The molecule has 3 aromatic rings. The second kappa shape index (κ2) is 8.82. The van der Waals surface area contributed by atoms with Crippen LogP contribution in [0.5, 0.6) is 0 Å². The molecule has 3 heterocycles. The molecule has 30 heavy (non-hydrogen) atoms. The number of carbonyl (C=O) groups excluding carboxylic acids is 1. The van der Waals surface area contributed by atoms with Gasteiger partial charge in [0, 0.05) is 23.0 Å². The second-order valence-electron chi connectivity index (χ2n) is 6.46. The molecule has 0 radical (unpaired) electrons. The molecule has 1 aromatic carbocycles. The van der Waals surface area contributed by atoms with Crippen LogP contribution in [-0.4, -0.2) is 59.7 Å². The third-order valence-electron chi connectivity index (χ3n) is 4.43. The van der Waals surface area contributed by atoms with Crippen molar-refractivity contribution < 1.29 is 17.9 Å². The minimum Gasteiger partial charge on any atom is -0.379 e. The molecule has 0 atom stereocenters. The number of amides is 1. The number of rotatable bonds is 6. The van der Waals surface area contributed by atoms with Crippen molar-refractivity contribution in [3.8, 4) is 5.69 Å². The first-order valence-corrected chi connectivity index (χ1v) is 11.7. The van der Waals surface area contributed by atoms with Gasteiger partial charge in [-0.15, -0.1) is 11.3 Å². The van der Waals surface area contributed by atoms with Gasteiger partial charge in [-0.25, -0.2) is 18.1 Å². The summed E-state index contributed by atoms with van der Waals surface area (Å²) in [6.07, 6.45) is 2.94. The zero-order chi connectivity index (χ0) is 21.1. The van der Waals surface area contributed by atoms with Crippen LogP contribution in [0.25, 0.3) is 5.69 Å². The van der Waals surface area contributed by atoms with Crippen molar-refractivity contribution in [1.29, 1.82) is 0 Å². The largest absolute Gasteiger partial charge is 0.379 e. The molecule has 1 fully saturated rings. The van der Waals surface area contributed by atoms with Crippen LogP contribution in [0.2, 0.25) is 5.02 Å². The molecular weight excluding hydrogens is 450 g/mol. The number of hydrogen-bond acceptors (Lipinski definition) is 7. The van der Waals surface area contributed by atoms with E-state index in [0.29, 0.717) is 47.6 Å². The molecule has 9 nitrogen and oxygen atoms in total. The number of ether oxygens (including phenoxy) is 1. The van der Waals surface area contributed by atoms with E-state index in [1.54, 1.807) is 24.3 Å². The summed E-state index contributed by atoms with van der Waals surface area (Å²) in [6, 6.07) is 8.24. The van der Waals surface area contributed by atoms with E-state index in [1.807, 2.05) is 0 Å². The van der Waals surface area contributed by atoms with Crippen LogP contribution in [0.4, 0.5) is 5.69 Å². The van der Waals surface area contributed by atoms with E-state index in [0.717, 1.165) is 11.3 Å². The first-order valence-electron chi connectivity index (χ1n) is 9.04. The van der Waals surface area contributed by atoms with E-state index < -0.39 is 10.0 Å². The second-order valence-corrected chi connectivity index (χ2v) is 10.2. The molecule has 1 saturated heterocycles. The quantitative estimate of drug-likeness (QED) is 0.595. The molecule has 0 spiro atoms. The van der Waals surface area contributed by atoms with Crippen molar-refractivity contribution >= 4 is 44.6 Å². The fraction of sp³-hybridized carbons (Fsp3) is 0.278. The summed E-state index contributed by atoms with van der Waals surface area (Å²) in [5.41, 5.74) is 1.10. The van der Waals surface area contributed by atoms with Crippen LogP contribution in [0, 0.1) is 0 Å². The molecular formula is C18H18ClN5O4S2. The number of anilines is 1. The number of benzene rings is 1. The highest BCUT2D eigenvalue weighted by Gasteiger charge is 2.28. The molecule has 0 unspecified atom stereocenters. The highest BCUT2D eigenvalue weighted by molar-refractivity contribution is 7.91. The monoisotopic (exact) mass is 467 g/mol. The summed E-state index contributed by atoms with van der Waals surface area (Å²) < 4.78 is 33.8. The average Bonchev–Trinajstić information content (AvgIpc) is 3.41. The highest BCUT2D eigenvalue weighted by atomic mass is 35.5. The summed E-state index contributed by atoms with van der Waals surface area (Å²) >= 11 is 7.17. The number of halogens is 1. The van der Waals surface area contributed by atoms with Crippen molar-refractivity contribution in [2.24, 2.45) is 0 Å². The van der Waals surface area contributed by atoms with E-state index in [9.17, 15) is 13.2 Å². The lowest BCUT2D eigenvalue weighted by Gasteiger charge is -2.25. The van der Waals surface area contributed by atoms with Crippen molar-refractivity contribution in [3.63, 3.8) is 0 Å². The molecule has 2 aromatic heterocycles. The predicted molar refractivity (Wildman–Crippen MR) is 113 cm³/mol. The minimum absolute atomic E-state index is 0.0343. The summed E-state index contributed by atoms with van der Waals surface area (Å²) in [7, 11) is -3.57. The maximum Gasteiger partial charge on any atom is 0.252 e. The summed E-state index contributed by atoms with van der Waals surface area (Å²) in [6.45, 7) is 1.42. The topological polar surface area (TPSA) is 106 Å². The van der Waals surface area contributed by atoms with Gasteiger partial charge in [0.05, 0.1) is 31.0 Å². The molecule has 0 saturated carbocycles. The molecule has 1 N–H and O–H groups in total. The van der Waals surface area contributed by atoms with Gasteiger partial charge >= 0.3 is 0 Å². The highest BCUT2D eigenvalue weighted by Crippen LogP contribution is 2.27. The van der Waals surface area contributed by atoms with Crippen LogP contribution in [0.15, 0.2) is 47.2 Å². The Bertz CT molecular complexity index is 1140. The molecule has 1 amide bonds. The number of sulfonamides is 1. The Kier molecular flexibility index (Phi) is 6.16. The Balaban J connectivity index is 1.48. The van der Waals surface area contributed by atoms with Gasteiger partial charge < -0.3 is 10.1 Å². The lowest BCUT2D eigenvalue weighted by atomic mass is 10.2. The molecule has 1 aliphatic rings. The number of aromatic nitrogens is 3. The van der Waals surface area contributed by atoms with Crippen LogP contribution >= 0.6 is 22.9 Å². The maximum absolute atomic E-state index is 12.7. The van der Waals surface area contributed by atoms with Gasteiger partial charge in [0.1, 0.15) is 16.9 Å². The number of nitrogens with zero attached hydrogens (tertiary/aromatic N) is 4. The maximum atomic E-state index is 12.7. The zero-order valence-corrected chi connectivity index (χ0v) is 18.1. The predicted octanol–water partition coefficient (Wildman–Crippen LogP) is 2.18. The SMILES string of the molecule is O=C(Cc1ccc(S(=O)(=O)N2CCOCC2)s1)Nc1cc(Cl)ccc1-n1cncn1. The Morgan fingerprint density at radius 3 is 2.77 bits per heavy atom. The van der Waals surface area contributed by atoms with Gasteiger partial charge in [-0.1, -0.05) is 11.6 Å². The van der Waals surface area contributed by atoms with E-state index in [-0.39, 0.29) is 16.5 Å². The van der Waals surface area contributed by atoms with Gasteiger partial charge in [0.15, 0.2) is 0 Å². The minimum atomic E-state index is -3.57. The average molecular weight is 468 g/mol. The molecule has 4 rings (SSSR count). The van der Waals surface area contributed by atoms with Crippen molar-refractivity contribution in [3.05, 3.63) is 52.9 Å². The number of thiophene rings is 1. The van der Waals surface area contributed by atoms with Crippen molar-refractivity contribution in [2.45, 2.75) is 10.6 Å². The number of nitrogens with one attached hydrogen (secondary N) is 1. The lowest BCUT2D eigenvalue weighted by molar-refractivity contribution is -0.115. The first kappa shape index (κ1) is 20.9. The van der Waals surface area contributed by atoms with E-state index in [4.69, 9.17) is 16.3 Å². The first-order chi connectivity index (χ1) is 14.4. The normalized spacial score (nSPS) is 15.2. The van der Waals surface area contributed by atoms with Crippen molar-refractivity contribution in [1.82, 2.24) is 19.1 Å². The summed E-state index contributed by atoms with van der Waals surface area (Å²) in [5, 5.41) is 7.36. The van der Waals surface area contributed by atoms with Crippen LogP contribution in [0.1, 0.15) is 4.88 Å². The molecule has 0 aliphatic carbocycles. The fourth-order valence-electron chi connectivity index (χ4n) is 3.00. The third-order valence-corrected chi connectivity index (χ3v) is 8.12. The Morgan fingerprint density at radius 1 is 1.23 bits per heavy atom. The van der Waals surface area contributed by atoms with Crippen LogP contribution in [-0.2, 0) is 26.0 Å². The summed E-state index contributed by atoms with van der Waals surface area (Å²) in [5.74, 6) is -0.296. The van der Waals surface area contributed by atoms with Crippen LogP contribution in [0.3, 0.4) is 0 Å². The van der Waals surface area contributed by atoms with Gasteiger partial charge in [0.2, 0.25) is 5.91 Å². The molecule has 158 valence electrons. The van der Waals surface area contributed by atoms with Crippen molar-refractivity contribution in [2.75, 3.05) is 31.6 Å². The smallest absolute Gasteiger partial charge is 0.252 e. The third kappa shape index (κ3) is 4.55. The fourth-order valence-corrected chi connectivity index (χ4v) is 6.09. The van der Waals surface area contributed by atoms with E-state index in [2.05, 4.69) is 15.4 Å². The van der Waals surface area contributed by atoms with Gasteiger partial charge in [0.25, 0.3) is 10.0 Å². The lowest BCUT2D eigenvalue weighted by Crippen LogP contribution is -2.40. The Morgan fingerprint density at radius 2 is 2.03 bits per heavy atom. The molecule has 1 aliphatic heterocycles. The standard InChI is InChI=1S/C18H18ClN5O4S2/c19-13-1-3-16(24-12-20-11-21-24)15(9-13)22-17(25)10-14-2-4-18(29-14)30(26,27)23-5-7-28-8-6-23/h1-4,9,11-12H,5-8,10H2,(H,22,25).